The van der Waals surface area contributed by atoms with Crippen LogP contribution in [-0.4, -0.2) is 30.2 Å². The summed E-state index contributed by atoms with van der Waals surface area (Å²) in [6.45, 7) is 1.92. The molecule has 0 atom stereocenters. The summed E-state index contributed by atoms with van der Waals surface area (Å²) in [7, 11) is 3.78. The maximum Gasteiger partial charge on any atom is 0.136 e. The molecule has 0 unspecified atom stereocenters. The summed E-state index contributed by atoms with van der Waals surface area (Å²) in [4.78, 5) is 0. The molecule has 4 nitrogen and oxygen atoms in total. The minimum absolute atomic E-state index is 0.926. The maximum atomic E-state index is 4.03. The summed E-state index contributed by atoms with van der Waals surface area (Å²) >= 11 is 0. The van der Waals surface area contributed by atoms with Crippen LogP contribution in [0.5, 0.6) is 0 Å². The smallest absolute Gasteiger partial charge is 0.136 e. The molecule has 1 aliphatic rings. The van der Waals surface area contributed by atoms with Crippen molar-refractivity contribution in [2.45, 2.75) is 6.92 Å². The number of amidine groups is 1. The van der Waals surface area contributed by atoms with Gasteiger partial charge in [0.1, 0.15) is 5.84 Å². The molecule has 0 aromatic rings. The lowest BCUT2D eigenvalue weighted by Gasteiger charge is -2.15. The molecule has 0 saturated carbocycles. The van der Waals surface area contributed by atoms with Gasteiger partial charge in [-0.05, 0) is 6.92 Å². The molecule has 0 spiro atoms. The van der Waals surface area contributed by atoms with E-state index >= 15 is 0 Å². The third-order valence-electron chi connectivity index (χ3n) is 1.05. The van der Waals surface area contributed by atoms with Gasteiger partial charge in [0.05, 0.1) is 0 Å². The highest BCUT2D eigenvalue weighted by molar-refractivity contribution is 5.79. The molecule has 1 N–H and O–H groups in total. The fourth-order valence-electron chi connectivity index (χ4n) is 0.613. The van der Waals surface area contributed by atoms with Crippen LogP contribution in [0.2, 0.25) is 0 Å². The van der Waals surface area contributed by atoms with Crippen molar-refractivity contribution in [2.24, 2.45) is 5.10 Å². The highest BCUT2D eigenvalue weighted by atomic mass is 15.9. The summed E-state index contributed by atoms with van der Waals surface area (Å²) in [5, 5.41) is 7.57. The van der Waals surface area contributed by atoms with Crippen LogP contribution in [0.15, 0.2) is 5.10 Å². The Morgan fingerprint density at radius 2 is 2.12 bits per heavy atom. The molecule has 0 amide bonds. The molecule has 0 aromatic carbocycles. The SMILES string of the molecule is CC1=NN(C)N(C)N1. The number of hydrazine groups is 2. The lowest BCUT2D eigenvalue weighted by molar-refractivity contribution is 0.0274. The normalized spacial score (nSPS) is 20.9. The summed E-state index contributed by atoms with van der Waals surface area (Å²) in [6.07, 6.45) is 0. The first-order valence-corrected chi connectivity index (χ1v) is 2.49. The van der Waals surface area contributed by atoms with Crippen LogP contribution in [0.25, 0.3) is 0 Å². The minimum atomic E-state index is 0.926. The first kappa shape index (κ1) is 5.37. The zero-order valence-corrected chi connectivity index (χ0v) is 5.34. The van der Waals surface area contributed by atoms with Crippen molar-refractivity contribution >= 4 is 5.84 Å². The highest BCUT2D eigenvalue weighted by Crippen LogP contribution is 1.94. The van der Waals surface area contributed by atoms with E-state index in [1.165, 1.54) is 0 Å². The second-order valence-corrected chi connectivity index (χ2v) is 1.81. The van der Waals surface area contributed by atoms with Crippen LogP contribution in [0.1, 0.15) is 6.92 Å². The van der Waals surface area contributed by atoms with Crippen molar-refractivity contribution in [3.63, 3.8) is 0 Å². The second kappa shape index (κ2) is 1.63. The van der Waals surface area contributed by atoms with Gasteiger partial charge in [0.2, 0.25) is 0 Å². The van der Waals surface area contributed by atoms with Gasteiger partial charge < -0.3 is 0 Å². The van der Waals surface area contributed by atoms with Gasteiger partial charge in [-0.1, -0.05) is 0 Å². The molecular formula is C4H10N4. The molecule has 0 fully saturated rings. The lowest BCUT2D eigenvalue weighted by Crippen LogP contribution is -2.37. The van der Waals surface area contributed by atoms with Crippen molar-refractivity contribution < 1.29 is 0 Å². The molecule has 4 heteroatoms. The van der Waals surface area contributed by atoms with Crippen LogP contribution < -0.4 is 5.43 Å². The number of nitrogens with zero attached hydrogens (tertiary/aromatic N) is 3. The molecule has 8 heavy (non-hydrogen) atoms. The monoisotopic (exact) mass is 114 g/mol. The molecule has 0 aliphatic carbocycles. The summed E-state index contributed by atoms with van der Waals surface area (Å²) < 4.78 is 0. The van der Waals surface area contributed by atoms with Gasteiger partial charge in [0.25, 0.3) is 0 Å². The van der Waals surface area contributed by atoms with E-state index in [0.717, 1.165) is 5.84 Å². The van der Waals surface area contributed by atoms with Crippen LogP contribution in [0, 0.1) is 0 Å². The Morgan fingerprint density at radius 1 is 1.50 bits per heavy atom. The Balaban J connectivity index is 2.56. The summed E-state index contributed by atoms with van der Waals surface area (Å²) in [6, 6.07) is 0. The fourth-order valence-corrected chi connectivity index (χ4v) is 0.613. The molecule has 1 heterocycles. The van der Waals surface area contributed by atoms with E-state index in [4.69, 9.17) is 0 Å². The number of hydrogen-bond acceptors (Lipinski definition) is 4. The van der Waals surface area contributed by atoms with E-state index in [2.05, 4.69) is 10.5 Å². The van der Waals surface area contributed by atoms with Crippen LogP contribution >= 0.6 is 0 Å². The Bertz CT molecular complexity index is 119. The van der Waals surface area contributed by atoms with E-state index in [-0.39, 0.29) is 0 Å². The fraction of sp³-hybridized carbons (Fsp3) is 0.750. The molecular weight excluding hydrogens is 104 g/mol. The Hall–Kier alpha value is -0.770. The van der Waals surface area contributed by atoms with E-state index in [1.54, 1.807) is 10.2 Å². The molecule has 1 rings (SSSR count). The first-order valence-electron chi connectivity index (χ1n) is 2.49. The molecule has 46 valence electrons. The predicted molar refractivity (Wildman–Crippen MR) is 31.8 cm³/mol. The average molecular weight is 114 g/mol. The number of hydrazone groups is 1. The Morgan fingerprint density at radius 3 is 2.25 bits per heavy atom. The van der Waals surface area contributed by atoms with Gasteiger partial charge in [0, 0.05) is 14.1 Å². The van der Waals surface area contributed by atoms with Gasteiger partial charge in [-0.25, -0.2) is 5.12 Å². The van der Waals surface area contributed by atoms with Crippen molar-refractivity contribution in [2.75, 3.05) is 14.1 Å². The average Bonchev–Trinajstić information content (AvgIpc) is 1.85. The zero-order valence-electron chi connectivity index (χ0n) is 5.34. The molecule has 0 aromatic heterocycles. The predicted octanol–water partition coefficient (Wildman–Crippen LogP) is -0.383. The first-order chi connectivity index (χ1) is 3.70. The highest BCUT2D eigenvalue weighted by Gasteiger charge is 2.09. The van der Waals surface area contributed by atoms with E-state index in [9.17, 15) is 0 Å². The minimum Gasteiger partial charge on any atom is -0.286 e. The number of rotatable bonds is 0. The quantitative estimate of drug-likeness (QED) is 0.465. The Kier molecular flexibility index (Phi) is 1.09. The van der Waals surface area contributed by atoms with Crippen LogP contribution in [0.4, 0.5) is 0 Å². The number of hydrogen-bond donors (Lipinski definition) is 1. The van der Waals surface area contributed by atoms with Crippen molar-refractivity contribution in [1.82, 2.24) is 15.7 Å². The summed E-state index contributed by atoms with van der Waals surface area (Å²) in [5.41, 5.74) is 2.98. The van der Waals surface area contributed by atoms with E-state index in [0.29, 0.717) is 0 Å². The molecule has 1 aliphatic heterocycles. The van der Waals surface area contributed by atoms with Gasteiger partial charge in [-0.3, -0.25) is 5.43 Å². The molecule has 0 bridgehead atoms. The van der Waals surface area contributed by atoms with Crippen molar-refractivity contribution in [3.05, 3.63) is 0 Å². The van der Waals surface area contributed by atoms with E-state index < -0.39 is 0 Å². The van der Waals surface area contributed by atoms with Crippen LogP contribution in [0.3, 0.4) is 0 Å². The van der Waals surface area contributed by atoms with Crippen molar-refractivity contribution in [1.29, 1.82) is 0 Å². The lowest BCUT2D eigenvalue weighted by atomic mass is 10.7. The van der Waals surface area contributed by atoms with Gasteiger partial charge >= 0.3 is 0 Å². The standard InChI is InChI=1S/C4H10N4/c1-4-5-7(2)8(3)6-4/h1-3H3,(H,5,6). The number of nitrogens with one attached hydrogen (secondary N) is 1. The molecule has 0 radical (unpaired) electrons. The second-order valence-electron chi connectivity index (χ2n) is 1.81. The zero-order chi connectivity index (χ0) is 6.15. The van der Waals surface area contributed by atoms with Crippen molar-refractivity contribution in [3.8, 4) is 0 Å². The van der Waals surface area contributed by atoms with E-state index in [1.807, 2.05) is 21.0 Å². The molecule has 0 saturated heterocycles. The largest absolute Gasteiger partial charge is 0.286 e. The van der Waals surface area contributed by atoms with Gasteiger partial charge in [-0.15, -0.1) is 10.2 Å². The Labute approximate surface area is 48.7 Å². The van der Waals surface area contributed by atoms with Crippen LogP contribution in [-0.2, 0) is 0 Å². The third-order valence-corrected chi connectivity index (χ3v) is 1.05. The van der Waals surface area contributed by atoms with Gasteiger partial charge in [0.15, 0.2) is 0 Å². The summed E-state index contributed by atoms with van der Waals surface area (Å²) in [5.74, 6) is 0.926. The maximum absolute atomic E-state index is 4.03. The third kappa shape index (κ3) is 0.742. The van der Waals surface area contributed by atoms with Gasteiger partial charge in [-0.2, -0.15) is 0 Å². The topological polar surface area (TPSA) is 30.9 Å².